The summed E-state index contributed by atoms with van der Waals surface area (Å²) in [6, 6.07) is 10.5. The van der Waals surface area contributed by atoms with Crippen molar-refractivity contribution >= 4 is 28.5 Å². The second kappa shape index (κ2) is 8.50. The van der Waals surface area contributed by atoms with Gasteiger partial charge in [-0.05, 0) is 30.5 Å². The number of nitrogens with one attached hydrogen (secondary N) is 2. The third-order valence-electron chi connectivity index (χ3n) is 5.85. The number of nitrogens with zero attached hydrogens (tertiary/aromatic N) is 5. The molecule has 5 heterocycles. The van der Waals surface area contributed by atoms with E-state index in [0.29, 0.717) is 30.3 Å². The Morgan fingerprint density at radius 3 is 2.88 bits per heavy atom. The Kier molecular flexibility index (Phi) is 5.39. The van der Waals surface area contributed by atoms with Gasteiger partial charge in [-0.25, -0.2) is 4.79 Å². The predicted octanol–water partition coefficient (Wildman–Crippen LogP) is 1.68. The van der Waals surface area contributed by atoms with Crippen LogP contribution in [-0.2, 0) is 13.1 Å². The van der Waals surface area contributed by atoms with Crippen molar-refractivity contribution < 1.29 is 9.59 Å². The minimum Gasteiger partial charge on any atom is -0.345 e. The summed E-state index contributed by atoms with van der Waals surface area (Å²) in [6.07, 6.45) is 2.61. The van der Waals surface area contributed by atoms with Crippen LogP contribution in [0, 0.1) is 5.92 Å². The molecular weight excluding hydrogens is 430 g/mol. The second-order valence-corrected chi connectivity index (χ2v) is 8.74. The van der Waals surface area contributed by atoms with Crippen molar-refractivity contribution in [1.82, 2.24) is 29.4 Å². The molecular formula is C21H21N7O3S. The van der Waals surface area contributed by atoms with Crippen molar-refractivity contribution in [2.24, 2.45) is 5.92 Å². The molecule has 2 aliphatic rings. The van der Waals surface area contributed by atoms with Gasteiger partial charge in [0.05, 0.1) is 12.2 Å². The number of pyridine rings is 2. The molecule has 11 heteroatoms. The van der Waals surface area contributed by atoms with Crippen LogP contribution in [0.1, 0.15) is 34.2 Å². The lowest BCUT2D eigenvalue weighted by Crippen LogP contribution is -2.50. The van der Waals surface area contributed by atoms with Crippen molar-refractivity contribution in [3.63, 3.8) is 0 Å². The van der Waals surface area contributed by atoms with E-state index in [1.807, 2.05) is 22.8 Å². The van der Waals surface area contributed by atoms with E-state index in [9.17, 15) is 14.4 Å². The number of anilines is 1. The zero-order valence-corrected chi connectivity index (χ0v) is 17.9. The number of urea groups is 1. The Labute approximate surface area is 187 Å². The number of carbonyl (C=O) groups excluding carboxylic acids is 2. The standard InChI is InChI=1S/C21H21N7O3S/c29-17-6-3-5-16-14-8-13(11-28(16)17)10-27(12-14)21(31)24-20-18(25-26-32-20)19(30)23-9-15-4-1-2-7-22-15/h1-7,13-14H,8-12H2,(H,23,30)(H,24,31)/t13-,14-/m0/s1. The molecule has 2 N–H and O–H groups in total. The van der Waals surface area contributed by atoms with Gasteiger partial charge in [0.2, 0.25) is 0 Å². The average molecular weight is 452 g/mol. The summed E-state index contributed by atoms with van der Waals surface area (Å²) in [5.74, 6) is -0.0979. The molecule has 0 radical (unpaired) electrons. The maximum absolute atomic E-state index is 13.0. The molecule has 3 aromatic rings. The van der Waals surface area contributed by atoms with Gasteiger partial charge in [-0.3, -0.25) is 19.9 Å². The van der Waals surface area contributed by atoms with Crippen molar-refractivity contribution in [2.45, 2.75) is 25.4 Å². The first-order valence-electron chi connectivity index (χ1n) is 10.3. The Hall–Kier alpha value is -3.60. The molecule has 1 fully saturated rings. The highest BCUT2D eigenvalue weighted by atomic mass is 32.1. The first kappa shape index (κ1) is 20.3. The number of piperidine rings is 1. The van der Waals surface area contributed by atoms with Crippen molar-refractivity contribution in [3.8, 4) is 0 Å². The van der Waals surface area contributed by atoms with Gasteiger partial charge in [0, 0.05) is 55.0 Å². The van der Waals surface area contributed by atoms with Gasteiger partial charge in [-0.1, -0.05) is 16.6 Å². The molecule has 5 rings (SSSR count). The fourth-order valence-corrected chi connectivity index (χ4v) is 4.97. The van der Waals surface area contributed by atoms with Crippen LogP contribution in [0.5, 0.6) is 0 Å². The fraction of sp³-hybridized carbons (Fsp3) is 0.333. The number of amides is 3. The van der Waals surface area contributed by atoms with Crippen LogP contribution in [0.15, 0.2) is 47.4 Å². The molecule has 2 aliphatic heterocycles. The Morgan fingerprint density at radius 1 is 1.12 bits per heavy atom. The molecule has 0 aromatic carbocycles. The molecule has 0 saturated carbocycles. The van der Waals surface area contributed by atoms with Gasteiger partial charge >= 0.3 is 6.03 Å². The molecule has 0 aliphatic carbocycles. The molecule has 10 nitrogen and oxygen atoms in total. The van der Waals surface area contributed by atoms with Crippen LogP contribution < -0.4 is 16.2 Å². The van der Waals surface area contributed by atoms with Gasteiger partial charge in [0.1, 0.15) is 0 Å². The minimum absolute atomic E-state index is 0.00666. The Morgan fingerprint density at radius 2 is 2.03 bits per heavy atom. The number of aromatic nitrogens is 4. The maximum atomic E-state index is 13.0. The number of fused-ring (bicyclic) bond motifs is 4. The zero-order valence-electron chi connectivity index (χ0n) is 17.1. The lowest BCUT2D eigenvalue weighted by molar-refractivity contribution is 0.0946. The third-order valence-corrected chi connectivity index (χ3v) is 6.49. The highest BCUT2D eigenvalue weighted by Crippen LogP contribution is 2.35. The summed E-state index contributed by atoms with van der Waals surface area (Å²) in [6.45, 7) is 1.92. The number of carbonyl (C=O) groups is 2. The molecule has 0 unspecified atom stereocenters. The summed E-state index contributed by atoms with van der Waals surface area (Å²) >= 11 is 0.962. The SMILES string of the molecule is O=C(NCc1ccccn1)c1nnsc1NC(=O)N1C[C@@H]2C[C@@H](C1)c1cccc(=O)n1C2. The van der Waals surface area contributed by atoms with E-state index < -0.39 is 5.91 Å². The normalized spacial score (nSPS) is 19.2. The summed E-state index contributed by atoms with van der Waals surface area (Å²) in [5.41, 5.74) is 1.77. The van der Waals surface area contributed by atoms with E-state index in [-0.39, 0.29) is 35.7 Å². The molecule has 2 bridgehead atoms. The van der Waals surface area contributed by atoms with Crippen LogP contribution in [0.4, 0.5) is 9.80 Å². The van der Waals surface area contributed by atoms with Gasteiger partial charge in [-0.15, -0.1) is 5.10 Å². The third kappa shape index (κ3) is 3.98. The number of rotatable bonds is 4. The summed E-state index contributed by atoms with van der Waals surface area (Å²) in [4.78, 5) is 43.6. The average Bonchev–Trinajstić information content (AvgIpc) is 3.27. The van der Waals surface area contributed by atoms with E-state index in [0.717, 1.165) is 23.6 Å². The summed E-state index contributed by atoms with van der Waals surface area (Å²) in [7, 11) is 0. The maximum Gasteiger partial charge on any atom is 0.322 e. The van der Waals surface area contributed by atoms with Crippen LogP contribution in [0.3, 0.4) is 0 Å². The molecule has 164 valence electrons. The second-order valence-electron chi connectivity index (χ2n) is 7.99. The quantitative estimate of drug-likeness (QED) is 0.622. The van der Waals surface area contributed by atoms with Crippen molar-refractivity contribution in [3.05, 3.63) is 70.0 Å². The molecule has 3 amide bonds. The minimum atomic E-state index is -0.427. The number of likely N-dealkylation sites (tertiary alicyclic amines) is 1. The Balaban J connectivity index is 1.25. The molecule has 2 atom stereocenters. The number of hydrogen-bond donors (Lipinski definition) is 2. The van der Waals surface area contributed by atoms with Crippen LogP contribution in [-0.4, -0.2) is 49.1 Å². The van der Waals surface area contributed by atoms with Crippen LogP contribution in [0.25, 0.3) is 0 Å². The van der Waals surface area contributed by atoms with Gasteiger partial charge in [0.25, 0.3) is 11.5 Å². The monoisotopic (exact) mass is 451 g/mol. The zero-order chi connectivity index (χ0) is 22.1. The van der Waals surface area contributed by atoms with E-state index in [2.05, 4.69) is 25.2 Å². The molecule has 0 spiro atoms. The molecule has 32 heavy (non-hydrogen) atoms. The predicted molar refractivity (Wildman–Crippen MR) is 117 cm³/mol. The topological polar surface area (TPSA) is 122 Å². The summed E-state index contributed by atoms with van der Waals surface area (Å²) < 4.78 is 5.66. The van der Waals surface area contributed by atoms with E-state index in [1.165, 1.54) is 0 Å². The van der Waals surface area contributed by atoms with Gasteiger partial charge < -0.3 is 14.8 Å². The number of hydrogen-bond acceptors (Lipinski definition) is 7. The largest absolute Gasteiger partial charge is 0.345 e. The van der Waals surface area contributed by atoms with Crippen LogP contribution >= 0.6 is 11.5 Å². The van der Waals surface area contributed by atoms with Crippen LogP contribution in [0.2, 0.25) is 0 Å². The Bertz CT molecular complexity index is 1210. The highest BCUT2D eigenvalue weighted by molar-refractivity contribution is 7.10. The van der Waals surface area contributed by atoms with Gasteiger partial charge in [-0.2, -0.15) is 0 Å². The first-order chi connectivity index (χ1) is 15.6. The molecule has 3 aromatic heterocycles. The lowest BCUT2D eigenvalue weighted by atomic mass is 9.83. The van der Waals surface area contributed by atoms with Crippen molar-refractivity contribution in [2.75, 3.05) is 18.4 Å². The lowest BCUT2D eigenvalue weighted by Gasteiger charge is -2.42. The molecule has 1 saturated heterocycles. The smallest absolute Gasteiger partial charge is 0.322 e. The van der Waals surface area contributed by atoms with E-state index in [1.54, 1.807) is 29.3 Å². The van der Waals surface area contributed by atoms with E-state index in [4.69, 9.17) is 0 Å². The van der Waals surface area contributed by atoms with E-state index >= 15 is 0 Å². The fourth-order valence-electron chi connectivity index (χ4n) is 4.42. The first-order valence-corrected chi connectivity index (χ1v) is 11.1. The van der Waals surface area contributed by atoms with Crippen molar-refractivity contribution in [1.29, 1.82) is 0 Å². The highest BCUT2D eigenvalue weighted by Gasteiger charge is 2.36. The van der Waals surface area contributed by atoms with Gasteiger partial charge in [0.15, 0.2) is 10.7 Å². The summed E-state index contributed by atoms with van der Waals surface area (Å²) in [5, 5.41) is 9.74.